The van der Waals surface area contributed by atoms with Crippen LogP contribution in [0.15, 0.2) is 0 Å². The molecular weight excluding hydrogens is 330 g/mol. The summed E-state index contributed by atoms with van der Waals surface area (Å²) >= 11 is 0. The van der Waals surface area contributed by atoms with Crippen LogP contribution in [0.5, 0.6) is 0 Å². The zero-order valence-corrected chi connectivity index (χ0v) is 14.2. The second-order valence-electron chi connectivity index (χ2n) is 7.41. The van der Waals surface area contributed by atoms with Crippen LogP contribution in [0, 0.1) is 5.92 Å². The number of carboxylic acid groups (broad SMARTS) is 1. The molecular formula is C17H22F2N4O2. The average molecular weight is 352 g/mol. The van der Waals surface area contributed by atoms with E-state index in [9.17, 15) is 13.6 Å². The van der Waals surface area contributed by atoms with Gasteiger partial charge in [0, 0.05) is 44.1 Å². The van der Waals surface area contributed by atoms with Crippen LogP contribution in [0.25, 0.3) is 0 Å². The molecule has 0 bridgehead atoms. The first kappa shape index (κ1) is 16.5. The molecule has 25 heavy (non-hydrogen) atoms. The highest BCUT2D eigenvalue weighted by atomic mass is 19.3. The number of aliphatic carboxylic acids is 1. The van der Waals surface area contributed by atoms with Crippen molar-refractivity contribution in [1.29, 1.82) is 0 Å². The maximum Gasteiger partial charge on any atom is 0.303 e. The lowest BCUT2D eigenvalue weighted by Crippen LogP contribution is -2.47. The van der Waals surface area contributed by atoms with Crippen molar-refractivity contribution in [3.8, 4) is 0 Å². The van der Waals surface area contributed by atoms with E-state index in [1.165, 1.54) is 0 Å². The minimum Gasteiger partial charge on any atom is -0.481 e. The Balaban J connectivity index is 1.68. The zero-order chi connectivity index (χ0) is 17.8. The molecule has 2 fully saturated rings. The number of nitrogens with zero attached hydrogens (tertiary/aromatic N) is 4. The summed E-state index contributed by atoms with van der Waals surface area (Å²) in [7, 11) is 0. The Bertz CT molecular complexity index is 712. The third-order valence-electron chi connectivity index (χ3n) is 5.63. The highest BCUT2D eigenvalue weighted by Crippen LogP contribution is 2.45. The molecule has 0 saturated carbocycles. The average Bonchev–Trinajstić information content (AvgIpc) is 3.10. The molecule has 1 N–H and O–H groups in total. The van der Waals surface area contributed by atoms with Crippen LogP contribution in [-0.2, 0) is 17.1 Å². The first-order chi connectivity index (χ1) is 11.8. The van der Waals surface area contributed by atoms with Gasteiger partial charge in [0.25, 0.3) is 5.92 Å². The van der Waals surface area contributed by atoms with E-state index in [2.05, 4.69) is 9.97 Å². The topological polar surface area (TPSA) is 69.6 Å². The van der Waals surface area contributed by atoms with Gasteiger partial charge in [0.15, 0.2) is 0 Å². The van der Waals surface area contributed by atoms with Crippen molar-refractivity contribution in [1.82, 2.24) is 9.97 Å². The van der Waals surface area contributed by atoms with Crippen molar-refractivity contribution in [2.45, 2.75) is 51.0 Å². The quantitative estimate of drug-likeness (QED) is 0.897. The van der Waals surface area contributed by atoms with Crippen LogP contribution < -0.4 is 9.80 Å². The van der Waals surface area contributed by atoms with Crippen LogP contribution in [0.2, 0.25) is 0 Å². The van der Waals surface area contributed by atoms with Crippen molar-refractivity contribution < 1.29 is 18.7 Å². The van der Waals surface area contributed by atoms with Crippen LogP contribution in [0.4, 0.5) is 20.5 Å². The van der Waals surface area contributed by atoms with E-state index in [0.29, 0.717) is 30.4 Å². The minimum absolute atomic E-state index is 0.0383. The highest BCUT2D eigenvalue weighted by molar-refractivity contribution is 5.67. The zero-order valence-electron chi connectivity index (χ0n) is 14.2. The summed E-state index contributed by atoms with van der Waals surface area (Å²) in [4.78, 5) is 23.7. The summed E-state index contributed by atoms with van der Waals surface area (Å²) < 4.78 is 28.6. The fraction of sp³-hybridized carbons (Fsp3) is 0.706. The normalized spacial score (nSPS) is 27.3. The molecule has 4 rings (SSSR count). The third kappa shape index (κ3) is 2.81. The monoisotopic (exact) mass is 352 g/mol. The number of aromatic nitrogens is 2. The summed E-state index contributed by atoms with van der Waals surface area (Å²) in [6, 6.07) is 0.263. The standard InChI is InChI=1S/C17H22F2N4O2/c1-10-3-7-23(10)16-20-14-12(2-5-17(14,18)19)15(21-16)22-6-4-11(9-22)8-13(24)25/h10-11H,2-9H2,1H3,(H,24,25)/t10-,11?/m0/s1. The molecule has 6 nitrogen and oxygen atoms in total. The first-order valence-electron chi connectivity index (χ1n) is 8.88. The van der Waals surface area contributed by atoms with Gasteiger partial charge in [-0.25, -0.2) is 4.98 Å². The Morgan fingerprint density at radius 2 is 2.12 bits per heavy atom. The van der Waals surface area contributed by atoms with E-state index in [4.69, 9.17) is 5.11 Å². The van der Waals surface area contributed by atoms with Gasteiger partial charge in [-0.3, -0.25) is 4.79 Å². The second-order valence-corrected chi connectivity index (χ2v) is 7.41. The van der Waals surface area contributed by atoms with Gasteiger partial charge in [-0.1, -0.05) is 0 Å². The molecule has 1 aromatic rings. The van der Waals surface area contributed by atoms with E-state index < -0.39 is 11.9 Å². The predicted octanol–water partition coefficient (Wildman–Crippen LogP) is 2.41. The van der Waals surface area contributed by atoms with Crippen molar-refractivity contribution in [3.05, 3.63) is 11.3 Å². The largest absolute Gasteiger partial charge is 0.481 e. The Kier molecular flexibility index (Phi) is 3.81. The van der Waals surface area contributed by atoms with Crippen LogP contribution >= 0.6 is 0 Å². The molecule has 1 aromatic heterocycles. The van der Waals surface area contributed by atoms with Gasteiger partial charge in [0.05, 0.1) is 0 Å². The summed E-state index contributed by atoms with van der Waals surface area (Å²) in [5.41, 5.74) is 0.409. The number of anilines is 2. The molecule has 8 heteroatoms. The lowest BCUT2D eigenvalue weighted by atomic mass is 10.1. The van der Waals surface area contributed by atoms with Gasteiger partial charge < -0.3 is 14.9 Å². The number of hydrogen-bond acceptors (Lipinski definition) is 5. The van der Waals surface area contributed by atoms with E-state index in [1.807, 2.05) is 16.7 Å². The van der Waals surface area contributed by atoms with Gasteiger partial charge in [-0.05, 0) is 32.1 Å². The van der Waals surface area contributed by atoms with Crippen molar-refractivity contribution in [2.75, 3.05) is 29.4 Å². The van der Waals surface area contributed by atoms with Crippen LogP contribution in [0.3, 0.4) is 0 Å². The number of alkyl halides is 2. The number of carboxylic acids is 1. The fourth-order valence-electron chi connectivity index (χ4n) is 4.04. The molecule has 1 unspecified atom stereocenters. The SMILES string of the molecule is C[C@H]1CCN1c1nc(N2CCC(CC(=O)O)C2)c2c(n1)C(F)(F)CC2. The molecule has 2 atom stereocenters. The Morgan fingerprint density at radius 3 is 2.76 bits per heavy atom. The molecule has 3 heterocycles. The van der Waals surface area contributed by atoms with Crippen LogP contribution in [0.1, 0.15) is 43.9 Å². The fourth-order valence-corrected chi connectivity index (χ4v) is 4.04. The first-order valence-corrected chi connectivity index (χ1v) is 8.88. The van der Waals surface area contributed by atoms with Gasteiger partial charge in [-0.15, -0.1) is 0 Å². The minimum atomic E-state index is -2.91. The summed E-state index contributed by atoms with van der Waals surface area (Å²) in [5, 5.41) is 8.99. The van der Waals surface area contributed by atoms with E-state index >= 15 is 0 Å². The molecule has 2 saturated heterocycles. The molecule has 3 aliphatic rings. The Hall–Kier alpha value is -1.99. The third-order valence-corrected chi connectivity index (χ3v) is 5.63. The number of halogens is 2. The summed E-state index contributed by atoms with van der Waals surface area (Å²) in [6.07, 6.45) is 1.91. The number of carbonyl (C=O) groups is 1. The van der Waals surface area contributed by atoms with Gasteiger partial charge in [0.1, 0.15) is 11.5 Å². The van der Waals surface area contributed by atoms with Gasteiger partial charge >= 0.3 is 5.97 Å². The molecule has 0 spiro atoms. The summed E-state index contributed by atoms with van der Waals surface area (Å²) in [5.74, 6) is -2.71. The van der Waals surface area contributed by atoms with Crippen LogP contribution in [-0.4, -0.2) is 46.7 Å². The second kappa shape index (κ2) is 5.78. The lowest BCUT2D eigenvalue weighted by molar-refractivity contribution is -0.137. The lowest BCUT2D eigenvalue weighted by Gasteiger charge is -2.39. The van der Waals surface area contributed by atoms with Gasteiger partial charge in [0.2, 0.25) is 5.95 Å². The molecule has 1 aliphatic carbocycles. The number of rotatable bonds is 4. The van der Waals surface area contributed by atoms with Crippen molar-refractivity contribution in [2.24, 2.45) is 5.92 Å². The van der Waals surface area contributed by atoms with E-state index in [-0.39, 0.29) is 36.9 Å². The number of fused-ring (bicyclic) bond motifs is 1. The molecule has 0 amide bonds. The molecule has 136 valence electrons. The molecule has 2 aliphatic heterocycles. The molecule has 0 radical (unpaired) electrons. The highest BCUT2D eigenvalue weighted by Gasteiger charge is 2.45. The maximum atomic E-state index is 14.3. The summed E-state index contributed by atoms with van der Waals surface area (Å²) in [6.45, 7) is 4.03. The number of hydrogen-bond donors (Lipinski definition) is 1. The Morgan fingerprint density at radius 1 is 1.32 bits per heavy atom. The maximum absolute atomic E-state index is 14.3. The Labute approximate surface area is 144 Å². The van der Waals surface area contributed by atoms with E-state index in [0.717, 1.165) is 19.4 Å². The predicted molar refractivity (Wildman–Crippen MR) is 88.2 cm³/mol. The van der Waals surface area contributed by atoms with E-state index in [1.54, 1.807) is 0 Å². The smallest absolute Gasteiger partial charge is 0.303 e. The van der Waals surface area contributed by atoms with Gasteiger partial charge in [-0.2, -0.15) is 13.8 Å². The molecule has 0 aromatic carbocycles. The van der Waals surface area contributed by atoms with Crippen molar-refractivity contribution in [3.63, 3.8) is 0 Å². The van der Waals surface area contributed by atoms with Crippen molar-refractivity contribution >= 4 is 17.7 Å².